The minimum atomic E-state index is 0.223. The van der Waals surface area contributed by atoms with Gasteiger partial charge in [-0.1, -0.05) is 37.3 Å². The van der Waals surface area contributed by atoms with E-state index in [4.69, 9.17) is 4.74 Å². The number of ether oxygens (including phenoxy) is 1. The number of nitrogens with one attached hydrogen (secondary N) is 2. The van der Waals surface area contributed by atoms with E-state index < -0.39 is 0 Å². The maximum atomic E-state index is 11.8. The van der Waals surface area contributed by atoms with Crippen molar-refractivity contribution in [3.05, 3.63) is 35.9 Å². The van der Waals surface area contributed by atoms with Gasteiger partial charge in [-0.2, -0.15) is 0 Å². The van der Waals surface area contributed by atoms with Gasteiger partial charge in [-0.3, -0.25) is 9.79 Å². The molecule has 2 rings (SSSR count). The number of aliphatic imine (C=N–C) groups is 1. The summed E-state index contributed by atoms with van der Waals surface area (Å²) in [5.41, 5.74) is 1.17. The third-order valence-corrected chi connectivity index (χ3v) is 4.15. The molecular weight excluding hydrogens is 316 g/mol. The number of nitrogens with zero attached hydrogens (tertiary/aromatic N) is 2. The van der Waals surface area contributed by atoms with E-state index in [0.717, 1.165) is 32.0 Å². The monoisotopic (exact) mass is 346 g/mol. The van der Waals surface area contributed by atoms with Crippen molar-refractivity contribution in [2.75, 3.05) is 32.8 Å². The second-order valence-electron chi connectivity index (χ2n) is 6.12. The Morgan fingerprint density at radius 1 is 1.32 bits per heavy atom. The first-order valence-corrected chi connectivity index (χ1v) is 9.17. The van der Waals surface area contributed by atoms with Gasteiger partial charge >= 0.3 is 0 Å². The highest BCUT2D eigenvalue weighted by molar-refractivity contribution is 5.80. The lowest BCUT2D eigenvalue weighted by Gasteiger charge is -2.18. The van der Waals surface area contributed by atoms with Crippen LogP contribution in [-0.2, 0) is 16.1 Å². The van der Waals surface area contributed by atoms with Gasteiger partial charge in [-0.15, -0.1) is 0 Å². The van der Waals surface area contributed by atoms with Crippen molar-refractivity contribution in [1.29, 1.82) is 0 Å². The van der Waals surface area contributed by atoms with Gasteiger partial charge in [0.1, 0.15) is 0 Å². The number of likely N-dealkylation sites (tertiary alicyclic amines) is 1. The van der Waals surface area contributed by atoms with Crippen molar-refractivity contribution in [3.8, 4) is 0 Å². The highest BCUT2D eigenvalue weighted by atomic mass is 16.5. The summed E-state index contributed by atoms with van der Waals surface area (Å²) < 4.78 is 5.67. The molecule has 6 heteroatoms. The zero-order valence-corrected chi connectivity index (χ0v) is 15.3. The molecule has 2 N–H and O–H groups in total. The van der Waals surface area contributed by atoms with Crippen LogP contribution in [0.1, 0.15) is 32.3 Å². The number of amides is 1. The van der Waals surface area contributed by atoms with E-state index in [1.54, 1.807) is 0 Å². The Morgan fingerprint density at radius 3 is 2.84 bits per heavy atom. The summed E-state index contributed by atoms with van der Waals surface area (Å²) in [5.74, 6) is 1.02. The van der Waals surface area contributed by atoms with Crippen LogP contribution >= 0.6 is 0 Å². The smallest absolute Gasteiger partial charge is 0.222 e. The molecule has 0 saturated carbocycles. The van der Waals surface area contributed by atoms with E-state index in [-0.39, 0.29) is 11.9 Å². The molecule has 1 unspecified atom stereocenters. The summed E-state index contributed by atoms with van der Waals surface area (Å²) in [6.45, 7) is 8.13. The molecule has 138 valence electrons. The lowest BCUT2D eigenvalue weighted by atomic mass is 10.2. The van der Waals surface area contributed by atoms with E-state index in [0.29, 0.717) is 26.2 Å². The normalized spacial score (nSPS) is 17.6. The summed E-state index contributed by atoms with van der Waals surface area (Å²) in [6.07, 6.45) is 1.53. The van der Waals surface area contributed by atoms with Gasteiger partial charge in [-0.05, 0) is 18.9 Å². The predicted octanol–water partition coefficient (Wildman–Crippen LogP) is 1.77. The molecular formula is C19H30N4O2. The zero-order chi connectivity index (χ0) is 17.9. The number of hydrogen-bond acceptors (Lipinski definition) is 3. The van der Waals surface area contributed by atoms with Crippen molar-refractivity contribution in [1.82, 2.24) is 15.5 Å². The second-order valence-corrected chi connectivity index (χ2v) is 6.12. The molecule has 0 radical (unpaired) electrons. The molecule has 25 heavy (non-hydrogen) atoms. The Hall–Kier alpha value is -2.08. The van der Waals surface area contributed by atoms with Crippen LogP contribution in [0.25, 0.3) is 0 Å². The molecule has 1 fully saturated rings. The molecule has 1 atom stereocenters. The first-order chi connectivity index (χ1) is 12.2. The van der Waals surface area contributed by atoms with E-state index in [2.05, 4.69) is 27.8 Å². The molecule has 1 aromatic rings. The fraction of sp³-hybridized carbons (Fsp3) is 0.579. The molecule has 0 spiro atoms. The Balaban J connectivity index is 1.72. The minimum Gasteiger partial charge on any atom is -0.375 e. The van der Waals surface area contributed by atoms with E-state index in [1.165, 1.54) is 5.56 Å². The first kappa shape index (κ1) is 19.2. The van der Waals surface area contributed by atoms with Crippen molar-refractivity contribution in [3.63, 3.8) is 0 Å². The SMILES string of the molecule is CCNC(=NCCOCc1ccccc1)NC1CCN(C(=O)CC)C1. The van der Waals surface area contributed by atoms with Crippen LogP contribution in [-0.4, -0.2) is 55.6 Å². The topological polar surface area (TPSA) is 66.0 Å². The highest BCUT2D eigenvalue weighted by Gasteiger charge is 2.25. The fourth-order valence-electron chi connectivity index (χ4n) is 2.83. The summed E-state index contributed by atoms with van der Waals surface area (Å²) in [5, 5.41) is 6.68. The van der Waals surface area contributed by atoms with Crippen molar-refractivity contribution < 1.29 is 9.53 Å². The molecule has 1 aromatic carbocycles. The maximum Gasteiger partial charge on any atom is 0.222 e. The molecule has 0 aromatic heterocycles. The van der Waals surface area contributed by atoms with Gasteiger partial charge in [0, 0.05) is 32.1 Å². The standard InChI is InChI=1S/C19H30N4O2/c1-3-18(24)23-12-10-17(14-23)22-19(20-4-2)21-11-13-25-15-16-8-6-5-7-9-16/h5-9,17H,3-4,10-15H2,1-2H3,(H2,20,21,22). The van der Waals surface area contributed by atoms with Gasteiger partial charge in [0.25, 0.3) is 0 Å². The Bertz CT molecular complexity index is 548. The number of rotatable bonds is 8. The molecule has 1 saturated heterocycles. The quantitative estimate of drug-likeness (QED) is 0.428. The number of carbonyl (C=O) groups excluding carboxylic acids is 1. The third-order valence-electron chi connectivity index (χ3n) is 4.15. The van der Waals surface area contributed by atoms with Gasteiger partial charge in [0.05, 0.1) is 19.8 Å². The molecule has 1 heterocycles. The van der Waals surface area contributed by atoms with Crippen LogP contribution in [0, 0.1) is 0 Å². The molecule has 1 aliphatic rings. The van der Waals surface area contributed by atoms with Crippen LogP contribution < -0.4 is 10.6 Å². The maximum absolute atomic E-state index is 11.8. The summed E-state index contributed by atoms with van der Waals surface area (Å²) in [4.78, 5) is 18.3. The van der Waals surface area contributed by atoms with Crippen LogP contribution in [0.15, 0.2) is 35.3 Å². The highest BCUT2D eigenvalue weighted by Crippen LogP contribution is 2.10. The second kappa shape index (κ2) is 10.7. The Morgan fingerprint density at radius 2 is 2.12 bits per heavy atom. The molecule has 0 bridgehead atoms. The summed E-state index contributed by atoms with van der Waals surface area (Å²) >= 11 is 0. The minimum absolute atomic E-state index is 0.223. The van der Waals surface area contributed by atoms with Gasteiger partial charge in [0.2, 0.25) is 5.91 Å². The largest absolute Gasteiger partial charge is 0.375 e. The summed E-state index contributed by atoms with van der Waals surface area (Å²) in [6, 6.07) is 10.4. The van der Waals surface area contributed by atoms with Crippen molar-refractivity contribution in [2.24, 2.45) is 4.99 Å². The molecule has 1 aliphatic heterocycles. The van der Waals surface area contributed by atoms with Gasteiger partial charge < -0.3 is 20.3 Å². The number of carbonyl (C=O) groups is 1. The van der Waals surface area contributed by atoms with E-state index in [1.807, 2.05) is 36.9 Å². The predicted molar refractivity (Wildman–Crippen MR) is 100 cm³/mol. The average molecular weight is 346 g/mol. The number of guanidine groups is 1. The van der Waals surface area contributed by atoms with Gasteiger partial charge in [-0.25, -0.2) is 0 Å². The summed E-state index contributed by atoms with van der Waals surface area (Å²) in [7, 11) is 0. The van der Waals surface area contributed by atoms with Crippen LogP contribution in [0.4, 0.5) is 0 Å². The lowest BCUT2D eigenvalue weighted by molar-refractivity contribution is -0.129. The Kier molecular flexibility index (Phi) is 8.25. The van der Waals surface area contributed by atoms with Crippen LogP contribution in [0.2, 0.25) is 0 Å². The first-order valence-electron chi connectivity index (χ1n) is 9.17. The number of benzene rings is 1. The molecule has 6 nitrogen and oxygen atoms in total. The number of hydrogen-bond donors (Lipinski definition) is 2. The van der Waals surface area contributed by atoms with Crippen LogP contribution in [0.3, 0.4) is 0 Å². The van der Waals surface area contributed by atoms with E-state index >= 15 is 0 Å². The lowest BCUT2D eigenvalue weighted by Crippen LogP contribution is -2.45. The van der Waals surface area contributed by atoms with Crippen molar-refractivity contribution in [2.45, 2.75) is 39.3 Å². The molecule has 0 aliphatic carbocycles. The Labute approximate surface area is 150 Å². The van der Waals surface area contributed by atoms with E-state index in [9.17, 15) is 4.79 Å². The van der Waals surface area contributed by atoms with Crippen LogP contribution in [0.5, 0.6) is 0 Å². The van der Waals surface area contributed by atoms with Gasteiger partial charge in [0.15, 0.2) is 5.96 Å². The zero-order valence-electron chi connectivity index (χ0n) is 15.3. The average Bonchev–Trinajstić information content (AvgIpc) is 3.10. The fourth-order valence-corrected chi connectivity index (χ4v) is 2.83. The van der Waals surface area contributed by atoms with Crippen molar-refractivity contribution >= 4 is 11.9 Å². The molecule has 1 amide bonds. The third kappa shape index (κ3) is 6.74.